The number of ether oxygens (including phenoxy) is 12. The van der Waals surface area contributed by atoms with Gasteiger partial charge in [-0.3, -0.25) is 33.6 Å². The Morgan fingerprint density at radius 1 is 0.470 bits per heavy atom. The number of aliphatic hydroxyl groups is 10. The van der Waals surface area contributed by atoms with Crippen molar-refractivity contribution in [1.29, 1.82) is 0 Å². The van der Waals surface area contributed by atoms with Gasteiger partial charge in [-0.25, -0.2) is 4.79 Å². The SMILES string of the molecule is C.CCC1CC(C(=O)CCCNC(=O)CCOC)C[C@@H](O[C@@H]2O[C@@H](CO)[C@H](O)C(O[C@@H](CC3CCCCC3)C(=O)N(C)C)C2NC(C)=O)[C@@H]1OC1O[C@@H](C)[C@H](O)C(O)[C@@H]1O.CCC1CC(C(=O)CCCNC(=O)CCOC)C[C@@H](O[C@@H]2O[C@@H](CO)[C@H](O)C(O[C@@H](CC3CCCCC3)C(=O)O)C2NC(C)=O)[C@@H]1OC1O[C@@H](C)[C@H](O)C(O)[C@@H]1O. The minimum absolute atomic E-state index is 0. The highest BCUT2D eigenvalue weighted by molar-refractivity contribution is 5.82. The molecule has 4 heterocycles. The Morgan fingerprint density at radius 3 is 1.19 bits per heavy atom. The van der Waals surface area contributed by atoms with E-state index in [-0.39, 0.29) is 125 Å². The van der Waals surface area contributed by atoms with E-state index in [0.717, 1.165) is 64.2 Å². The lowest BCUT2D eigenvalue weighted by Crippen LogP contribution is -2.67. The predicted molar refractivity (Wildman–Crippen MR) is 416 cm³/mol. The number of likely N-dealkylation sites (N-methyl/N-ethyl adjacent to an activating group) is 1. The van der Waals surface area contributed by atoms with Crippen molar-refractivity contribution in [3.8, 4) is 0 Å². The fourth-order valence-electron chi connectivity index (χ4n) is 17.5. The third-order valence-electron chi connectivity index (χ3n) is 24.2. The third-order valence-corrected chi connectivity index (χ3v) is 24.2. The molecule has 8 fully saturated rings. The minimum Gasteiger partial charge on any atom is -0.479 e. The molecule has 0 bridgehead atoms. The number of carbonyl (C=O) groups is 8. The van der Waals surface area contributed by atoms with Crippen LogP contribution < -0.4 is 21.3 Å². The Morgan fingerprint density at radius 2 is 0.846 bits per heavy atom. The molecule has 0 radical (unpaired) electrons. The molecule has 30 atom stereocenters. The number of nitrogens with zero attached hydrogens (tertiary/aromatic N) is 1. The zero-order valence-corrected chi connectivity index (χ0v) is 69.2. The first-order chi connectivity index (χ1) is 55.3. The summed E-state index contributed by atoms with van der Waals surface area (Å²) in [5, 5.41) is 129. The summed E-state index contributed by atoms with van der Waals surface area (Å²) in [6.45, 7) is 9.13. The van der Waals surface area contributed by atoms with E-state index in [1.165, 1.54) is 46.8 Å². The lowest BCUT2D eigenvalue weighted by molar-refractivity contribution is -0.338. The average Bonchev–Trinajstić information content (AvgIpc) is 0.777. The highest BCUT2D eigenvalue weighted by Crippen LogP contribution is 2.44. The first-order valence-electron chi connectivity index (χ1n) is 42.0. The molecule has 8 rings (SSSR count). The maximum atomic E-state index is 13.8. The van der Waals surface area contributed by atoms with E-state index >= 15 is 0 Å². The monoisotopic (exact) mass is 1680 g/mol. The van der Waals surface area contributed by atoms with Gasteiger partial charge in [-0.1, -0.05) is 98.3 Å². The van der Waals surface area contributed by atoms with Crippen LogP contribution in [0.4, 0.5) is 0 Å². The van der Waals surface area contributed by atoms with E-state index in [0.29, 0.717) is 51.5 Å². The van der Waals surface area contributed by atoms with Crippen molar-refractivity contribution < 1.29 is 151 Å². The van der Waals surface area contributed by atoms with Crippen molar-refractivity contribution in [2.45, 2.75) is 362 Å². The third kappa shape index (κ3) is 29.2. The van der Waals surface area contributed by atoms with Crippen LogP contribution in [-0.2, 0) is 95.2 Å². The van der Waals surface area contributed by atoms with E-state index in [4.69, 9.17) is 56.8 Å². The summed E-state index contributed by atoms with van der Waals surface area (Å²) >= 11 is 0. The molecule has 4 aliphatic carbocycles. The summed E-state index contributed by atoms with van der Waals surface area (Å²) in [6, 6.07) is -2.50. The lowest BCUT2D eigenvalue weighted by Gasteiger charge is -2.49. The first kappa shape index (κ1) is 101. The second-order valence-electron chi connectivity index (χ2n) is 33.0. The van der Waals surface area contributed by atoms with Gasteiger partial charge in [-0.05, 0) is 88.9 Å². The van der Waals surface area contributed by atoms with Gasteiger partial charge in [0.15, 0.2) is 31.3 Å². The molecule has 15 N–H and O–H groups in total. The van der Waals surface area contributed by atoms with Gasteiger partial charge >= 0.3 is 5.97 Å². The Hall–Kier alpha value is -4.72. The van der Waals surface area contributed by atoms with Gasteiger partial charge in [-0.15, -0.1) is 0 Å². The van der Waals surface area contributed by atoms with Crippen LogP contribution in [0.3, 0.4) is 0 Å². The number of aliphatic hydroxyl groups excluding tert-OH is 10. The molecule has 4 saturated heterocycles. The summed E-state index contributed by atoms with van der Waals surface area (Å²) in [5.74, 6) is -4.72. The van der Waals surface area contributed by atoms with Gasteiger partial charge in [0.25, 0.3) is 5.91 Å². The molecule has 12 unspecified atom stereocenters. The number of amides is 5. The number of ketones is 2. The van der Waals surface area contributed by atoms with Crippen LogP contribution in [0.15, 0.2) is 0 Å². The minimum atomic E-state index is -1.64. The van der Waals surface area contributed by atoms with Crippen molar-refractivity contribution in [2.24, 2.45) is 35.5 Å². The number of hydrogen-bond donors (Lipinski definition) is 15. The predicted octanol–water partition coefficient (Wildman–Crippen LogP) is 0.468. The molecule has 676 valence electrons. The lowest BCUT2D eigenvalue weighted by atomic mass is 9.74. The average molecular weight is 1680 g/mol. The summed E-state index contributed by atoms with van der Waals surface area (Å²) in [5.41, 5.74) is 0. The van der Waals surface area contributed by atoms with E-state index in [2.05, 4.69) is 21.3 Å². The number of hydrogen-bond acceptors (Lipinski definition) is 30. The molecule has 117 heavy (non-hydrogen) atoms. The summed E-state index contributed by atoms with van der Waals surface area (Å²) in [4.78, 5) is 105. The van der Waals surface area contributed by atoms with E-state index < -0.39 is 202 Å². The van der Waals surface area contributed by atoms with E-state index in [1.807, 2.05) is 13.8 Å². The van der Waals surface area contributed by atoms with Gasteiger partial charge in [0, 0.05) is 92.8 Å². The van der Waals surface area contributed by atoms with Crippen LogP contribution >= 0.6 is 0 Å². The van der Waals surface area contributed by atoms with Gasteiger partial charge in [0.2, 0.25) is 23.6 Å². The second-order valence-corrected chi connectivity index (χ2v) is 33.0. The zero-order valence-electron chi connectivity index (χ0n) is 69.2. The Balaban J connectivity index is 0.000000361. The number of methoxy groups -OCH3 is 2. The molecule has 36 heteroatoms. The van der Waals surface area contributed by atoms with E-state index in [1.54, 1.807) is 14.1 Å². The van der Waals surface area contributed by atoms with Crippen molar-refractivity contribution >= 4 is 47.1 Å². The van der Waals surface area contributed by atoms with Gasteiger partial charge in [0.05, 0.1) is 63.1 Å². The molecule has 5 amide bonds. The zero-order chi connectivity index (χ0) is 85.2. The fourth-order valence-corrected chi connectivity index (χ4v) is 17.5. The van der Waals surface area contributed by atoms with Crippen molar-refractivity contribution in [1.82, 2.24) is 26.2 Å². The normalized spacial score (nSPS) is 36.2. The largest absolute Gasteiger partial charge is 0.479 e. The molecule has 0 aromatic heterocycles. The quantitative estimate of drug-likeness (QED) is 0.0371. The van der Waals surface area contributed by atoms with Gasteiger partial charge in [-0.2, -0.15) is 0 Å². The van der Waals surface area contributed by atoms with Gasteiger partial charge in [0.1, 0.15) is 103 Å². The van der Waals surface area contributed by atoms with Crippen LogP contribution in [0.1, 0.15) is 203 Å². The van der Waals surface area contributed by atoms with Crippen LogP contribution in [0.2, 0.25) is 0 Å². The topological polar surface area (TPSA) is 521 Å². The summed E-state index contributed by atoms with van der Waals surface area (Å²) in [7, 11) is 6.24. The number of Topliss-reactive ketones (excluding diaryl/α,β-unsaturated/α-hetero) is 2. The molecular formula is C81H141N5O31. The van der Waals surface area contributed by atoms with Crippen molar-refractivity contribution in [3.63, 3.8) is 0 Å². The van der Waals surface area contributed by atoms with Crippen molar-refractivity contribution in [3.05, 3.63) is 0 Å². The molecule has 0 aromatic rings. The molecule has 4 aliphatic heterocycles. The van der Waals surface area contributed by atoms with Gasteiger partial charge < -0.3 is 139 Å². The number of carboxylic acid groups (broad SMARTS) is 1. The number of carboxylic acids is 1. The molecule has 0 spiro atoms. The highest BCUT2D eigenvalue weighted by Gasteiger charge is 2.56. The molecule has 8 aliphatic rings. The standard InChI is InChI=1S/C41H71N3O15.C39H66N2O16.CH4/c1-7-25-19-26(27(47)14-11-16-42-31(48)15-17-54-6)20-28(37(25)59-41-36(52)35(51)33(49)22(2)55-41)57-40-32(43-23(3)46)38(34(50)30(21-45)58-40)56-29(39(53)44(4)5)18-24-12-9-8-10-13-24;1-5-23-17-24(25(44)12-9-14-40-29(45)13-15-52-4)18-26(35(23)57-39-34(49)33(48)31(46)20(2)53-39)55-38-30(41-21(3)43)36(32(47)28(19-42)56-38)54-27(37(50)51)16-22-10-7-6-8-11-22;/h22,24-26,28-30,32-38,40-41,45,49-52H,7-21H2,1-6H3,(H,42,48)(H,43,46);20,22-24,26-28,30-36,38-39,42,46-49H,5-19H2,1-4H3,(H,40,45)(H,41,43)(H,50,51);1H4/t22-,25?,26?,28+,29-,30-,32?,33-,34-,35?,36-,37+,38?,40+,41?;20-,23?,24?,26+,27-,28-,30?,31-,32-,33?,34-,35+,36?,38+,39?;/m00./s1. The highest BCUT2D eigenvalue weighted by atomic mass is 16.7. The van der Waals surface area contributed by atoms with Crippen molar-refractivity contribution in [2.75, 3.05) is 67.8 Å². The Kier molecular flexibility index (Phi) is 43.3. The maximum Gasteiger partial charge on any atom is 0.332 e. The number of aliphatic carboxylic acids is 1. The molecular weight excluding hydrogens is 1540 g/mol. The fraction of sp³-hybridized carbons (Fsp3) is 0.901. The van der Waals surface area contributed by atoms with Crippen LogP contribution in [-0.4, -0.2) is 335 Å². The second kappa shape index (κ2) is 50.1. The Labute approximate surface area is 687 Å². The van der Waals surface area contributed by atoms with E-state index in [9.17, 15) is 94.5 Å². The number of nitrogens with one attached hydrogen (secondary N) is 4. The molecule has 4 saturated carbocycles. The summed E-state index contributed by atoms with van der Waals surface area (Å²) < 4.78 is 72.7. The number of rotatable bonds is 40. The number of carbonyl (C=O) groups excluding carboxylic acids is 7. The van der Waals surface area contributed by atoms with Crippen LogP contribution in [0.5, 0.6) is 0 Å². The summed E-state index contributed by atoms with van der Waals surface area (Å²) in [6.07, 6.45) is -17.5. The van der Waals surface area contributed by atoms with Crippen LogP contribution in [0, 0.1) is 35.5 Å². The maximum absolute atomic E-state index is 13.8. The first-order valence-corrected chi connectivity index (χ1v) is 42.0. The molecule has 36 nitrogen and oxygen atoms in total. The molecule has 0 aromatic carbocycles. The van der Waals surface area contributed by atoms with Crippen LogP contribution in [0.25, 0.3) is 0 Å². The Bertz CT molecular complexity index is 3010. The smallest absolute Gasteiger partial charge is 0.332 e.